The lowest BCUT2D eigenvalue weighted by Crippen LogP contribution is -2.36. The maximum Gasteiger partial charge on any atom is 1.00 e. The van der Waals surface area contributed by atoms with Crippen LogP contribution in [0.1, 0.15) is 103 Å². The van der Waals surface area contributed by atoms with E-state index in [4.69, 9.17) is 16.4 Å². The van der Waals surface area contributed by atoms with Crippen molar-refractivity contribution in [2.75, 3.05) is 0 Å². The number of benzene rings is 2. The molecule has 0 aliphatic carbocycles. The molecule has 0 aromatic heterocycles. The second-order valence-electron chi connectivity index (χ2n) is 12.2. The fourth-order valence-electron chi connectivity index (χ4n) is 4.01. The first-order valence-electron chi connectivity index (χ1n) is 12.8. The van der Waals surface area contributed by atoms with Crippen molar-refractivity contribution in [3.8, 4) is 5.75 Å². The molecule has 2 aromatic carbocycles. The second-order valence-corrected chi connectivity index (χ2v) is 13.6. The summed E-state index contributed by atoms with van der Waals surface area (Å²) in [5.41, 5.74) is 7.79. The summed E-state index contributed by atoms with van der Waals surface area (Å²) in [5, 5.41) is 0. The zero-order chi connectivity index (χ0) is 26.7. The number of hydrogen-bond acceptors (Lipinski definition) is 4. The minimum atomic E-state index is -2.45. The van der Waals surface area contributed by atoms with Crippen molar-refractivity contribution < 1.29 is 11.4 Å². The van der Waals surface area contributed by atoms with Gasteiger partial charge in [-0.3, -0.25) is 4.99 Å². The van der Waals surface area contributed by atoms with Crippen LogP contribution in [0.5, 0.6) is 5.75 Å². The molecule has 0 amide bonds. The first kappa shape index (κ1) is 29.6. The molecule has 0 saturated heterocycles. The summed E-state index contributed by atoms with van der Waals surface area (Å²) in [4.78, 5) is 4.98. The van der Waals surface area contributed by atoms with Gasteiger partial charge in [0, 0.05) is 24.0 Å². The van der Waals surface area contributed by atoms with Gasteiger partial charge < -0.3 is 11.4 Å². The molecule has 0 atom stereocenters. The molecule has 2 rings (SSSR count). The SMILES string of the molecule is Cc1cc(C)c(N=Cc2cc(C(C)(C)C)cc(C(C)(C)C)c2[O][Al]([O]C(C)C)[O]C(C)C)c(C)c1. The van der Waals surface area contributed by atoms with Crippen LogP contribution < -0.4 is 3.79 Å². The lowest BCUT2D eigenvalue weighted by molar-refractivity contribution is 0.0844. The van der Waals surface area contributed by atoms with Crippen LogP contribution in [0.25, 0.3) is 0 Å². The summed E-state index contributed by atoms with van der Waals surface area (Å²) in [6.45, 7) is 27.8. The summed E-state index contributed by atoms with van der Waals surface area (Å²) >= 11 is -2.45. The zero-order valence-electron chi connectivity index (χ0n) is 24.3. The Bertz CT molecular complexity index is 1010. The van der Waals surface area contributed by atoms with Crippen LogP contribution in [-0.2, 0) is 18.4 Å². The Hall–Kier alpha value is -1.64. The van der Waals surface area contributed by atoms with E-state index >= 15 is 0 Å². The summed E-state index contributed by atoms with van der Waals surface area (Å²) in [6, 6.07) is 8.85. The third-order valence-corrected chi connectivity index (χ3v) is 7.70. The van der Waals surface area contributed by atoms with Gasteiger partial charge >= 0.3 is 15.1 Å². The van der Waals surface area contributed by atoms with Gasteiger partial charge in [-0.25, -0.2) is 0 Å². The van der Waals surface area contributed by atoms with Gasteiger partial charge in [0.05, 0.1) is 11.4 Å². The average Bonchev–Trinajstić information content (AvgIpc) is 2.65. The van der Waals surface area contributed by atoms with Crippen LogP contribution in [0.15, 0.2) is 29.3 Å². The van der Waals surface area contributed by atoms with Crippen molar-refractivity contribution in [1.82, 2.24) is 0 Å². The van der Waals surface area contributed by atoms with Crippen LogP contribution in [0.4, 0.5) is 5.69 Å². The average molecular weight is 496 g/mol. The Morgan fingerprint density at radius 1 is 0.771 bits per heavy atom. The van der Waals surface area contributed by atoms with Gasteiger partial charge in [-0.15, -0.1) is 0 Å². The summed E-state index contributed by atoms with van der Waals surface area (Å²) in [6.07, 6.45) is 2.00. The molecule has 2 aromatic rings. The Morgan fingerprint density at radius 2 is 1.29 bits per heavy atom. The Kier molecular flexibility index (Phi) is 9.82. The molecule has 0 heterocycles. The fraction of sp³-hybridized carbons (Fsp3) is 0.567. The highest BCUT2D eigenvalue weighted by molar-refractivity contribution is 6.37. The molecule has 0 unspecified atom stereocenters. The van der Waals surface area contributed by atoms with Gasteiger partial charge in [0.25, 0.3) is 0 Å². The van der Waals surface area contributed by atoms with Gasteiger partial charge in [-0.2, -0.15) is 0 Å². The van der Waals surface area contributed by atoms with E-state index in [1.54, 1.807) is 0 Å². The molecule has 0 spiro atoms. The van der Waals surface area contributed by atoms with Crippen molar-refractivity contribution in [2.24, 2.45) is 4.99 Å². The molecule has 0 N–H and O–H groups in total. The lowest BCUT2D eigenvalue weighted by atomic mass is 9.79. The zero-order valence-corrected chi connectivity index (χ0v) is 25.4. The van der Waals surface area contributed by atoms with E-state index in [1.165, 1.54) is 22.3 Å². The third-order valence-electron chi connectivity index (χ3n) is 5.74. The predicted octanol–water partition coefficient (Wildman–Crippen LogP) is 8.17. The van der Waals surface area contributed by atoms with Crippen molar-refractivity contribution in [3.05, 3.63) is 57.6 Å². The summed E-state index contributed by atoms with van der Waals surface area (Å²) < 4.78 is 19.0. The van der Waals surface area contributed by atoms with Gasteiger partial charge in [0.1, 0.15) is 0 Å². The Labute approximate surface area is 219 Å². The van der Waals surface area contributed by atoms with E-state index in [1.807, 2.05) is 33.9 Å². The minimum absolute atomic E-state index is 0.0174. The topological polar surface area (TPSA) is 40.0 Å². The number of aryl methyl sites for hydroxylation is 3. The summed E-state index contributed by atoms with van der Waals surface area (Å²) in [7, 11) is 0. The second kappa shape index (κ2) is 11.6. The summed E-state index contributed by atoms with van der Waals surface area (Å²) in [5.74, 6) is 0.814. The Balaban J connectivity index is 2.76. The van der Waals surface area contributed by atoms with Crippen molar-refractivity contribution in [1.29, 1.82) is 0 Å². The molecule has 0 aliphatic heterocycles. The monoisotopic (exact) mass is 495 g/mol. The number of nitrogens with zero attached hydrogens (tertiary/aromatic N) is 1. The van der Waals surface area contributed by atoms with E-state index in [2.05, 4.69) is 86.6 Å². The predicted molar refractivity (Wildman–Crippen MR) is 151 cm³/mol. The van der Waals surface area contributed by atoms with Crippen LogP contribution in [0.3, 0.4) is 0 Å². The van der Waals surface area contributed by atoms with Crippen LogP contribution in [0.2, 0.25) is 0 Å². The third kappa shape index (κ3) is 8.47. The normalized spacial score (nSPS) is 12.8. The van der Waals surface area contributed by atoms with Crippen LogP contribution >= 0.6 is 0 Å². The van der Waals surface area contributed by atoms with Gasteiger partial charge in [0.2, 0.25) is 0 Å². The molecule has 0 aliphatic rings. The fourth-order valence-corrected chi connectivity index (χ4v) is 5.53. The molecule has 0 fully saturated rings. The largest absolute Gasteiger partial charge is 1.00 e. The lowest BCUT2D eigenvalue weighted by Gasteiger charge is -2.30. The van der Waals surface area contributed by atoms with Crippen molar-refractivity contribution in [3.63, 3.8) is 0 Å². The van der Waals surface area contributed by atoms with Crippen LogP contribution in [-0.4, -0.2) is 33.6 Å². The van der Waals surface area contributed by atoms with Crippen molar-refractivity contribution in [2.45, 2.75) is 113 Å². The van der Waals surface area contributed by atoms with E-state index in [0.29, 0.717) is 0 Å². The number of rotatable bonds is 8. The highest BCUT2D eigenvalue weighted by Gasteiger charge is 2.40. The van der Waals surface area contributed by atoms with Crippen molar-refractivity contribution >= 4 is 27.1 Å². The Morgan fingerprint density at radius 3 is 1.71 bits per heavy atom. The first-order valence-corrected chi connectivity index (χ1v) is 14.2. The van der Waals surface area contributed by atoms with Gasteiger partial charge in [-0.1, -0.05) is 65.3 Å². The van der Waals surface area contributed by atoms with E-state index in [9.17, 15) is 0 Å². The van der Waals surface area contributed by atoms with Crippen LogP contribution in [0, 0.1) is 20.8 Å². The molecule has 4 nitrogen and oxygen atoms in total. The van der Waals surface area contributed by atoms with Gasteiger partial charge in [0.15, 0.2) is 0 Å². The van der Waals surface area contributed by atoms with Gasteiger partial charge in [-0.05, 0) is 87.6 Å². The maximum absolute atomic E-state index is 6.66. The first-order chi connectivity index (χ1) is 16.0. The smallest absolute Gasteiger partial charge is 0.598 e. The highest BCUT2D eigenvalue weighted by Crippen LogP contribution is 2.39. The van der Waals surface area contributed by atoms with E-state index in [-0.39, 0.29) is 23.0 Å². The molecule has 5 heteroatoms. The van der Waals surface area contributed by atoms with E-state index in [0.717, 1.165) is 22.6 Å². The number of hydrogen-bond donors (Lipinski definition) is 0. The number of aliphatic imine (C=N–C) groups is 1. The highest BCUT2D eigenvalue weighted by atomic mass is 27.3. The standard InChI is InChI=1S/C24H33NO.2C3H7O.Al/c1-15-10-16(2)21(17(3)11-15)25-14-18-12-19(23(4,5)6)13-20(22(18)26)24(7,8)9;2*1-3(2)4;/h10-14,26H,1-9H3;2*3H,1-2H3;/q;2*-1;+3/p-1. The minimum Gasteiger partial charge on any atom is -0.598 e. The quantitative estimate of drug-likeness (QED) is 0.274. The molecule has 35 heavy (non-hydrogen) atoms. The molecule has 0 saturated carbocycles. The molecular weight excluding hydrogens is 449 g/mol. The molecule has 0 bridgehead atoms. The van der Waals surface area contributed by atoms with E-state index < -0.39 is 15.1 Å². The molecule has 192 valence electrons. The molecular formula is C30H46AlNO3. The molecule has 0 radical (unpaired) electrons. The maximum atomic E-state index is 6.66.